The van der Waals surface area contributed by atoms with Crippen molar-refractivity contribution in [2.75, 3.05) is 36.5 Å². The van der Waals surface area contributed by atoms with Gasteiger partial charge in [-0.05, 0) is 36.4 Å². The van der Waals surface area contributed by atoms with Crippen molar-refractivity contribution in [3.8, 4) is 0 Å². The molecule has 4 aromatic rings. The number of hydrogen-bond donors (Lipinski definition) is 1. The van der Waals surface area contributed by atoms with Gasteiger partial charge in [0.2, 0.25) is 0 Å². The van der Waals surface area contributed by atoms with Crippen molar-refractivity contribution < 1.29 is 4.74 Å². The summed E-state index contributed by atoms with van der Waals surface area (Å²) >= 11 is 1.61. The number of anilines is 3. The van der Waals surface area contributed by atoms with Gasteiger partial charge in [0.1, 0.15) is 11.2 Å². The van der Waals surface area contributed by atoms with Crippen LogP contribution in [0.15, 0.2) is 48.9 Å². The third-order valence-corrected chi connectivity index (χ3v) is 5.64. The van der Waals surface area contributed by atoms with Gasteiger partial charge >= 0.3 is 0 Å². The zero-order chi connectivity index (χ0) is 17.3. The number of rotatable bonds is 3. The highest BCUT2D eigenvalue weighted by molar-refractivity contribution is 7.25. The van der Waals surface area contributed by atoms with E-state index in [0.717, 1.165) is 58.2 Å². The fourth-order valence-electron chi connectivity index (χ4n) is 3.21. The summed E-state index contributed by atoms with van der Waals surface area (Å²) in [6, 6.07) is 12.4. The summed E-state index contributed by atoms with van der Waals surface area (Å²) in [6.45, 7) is 3.46. The Balaban J connectivity index is 1.45. The first kappa shape index (κ1) is 15.5. The highest BCUT2D eigenvalue weighted by atomic mass is 32.1. The van der Waals surface area contributed by atoms with Crippen molar-refractivity contribution in [3.05, 3.63) is 48.9 Å². The number of thiophene rings is 1. The lowest BCUT2D eigenvalue weighted by atomic mass is 10.2. The molecule has 0 amide bonds. The molecule has 0 unspecified atom stereocenters. The molecule has 0 aliphatic carbocycles. The van der Waals surface area contributed by atoms with E-state index in [1.54, 1.807) is 17.7 Å². The van der Waals surface area contributed by atoms with E-state index in [9.17, 15) is 0 Å². The largest absolute Gasteiger partial charge is 0.378 e. The molecule has 7 heteroatoms. The van der Waals surface area contributed by atoms with Crippen LogP contribution in [0.3, 0.4) is 0 Å². The zero-order valence-corrected chi connectivity index (χ0v) is 14.9. The summed E-state index contributed by atoms with van der Waals surface area (Å²) in [4.78, 5) is 16.6. The van der Waals surface area contributed by atoms with Crippen LogP contribution in [0, 0.1) is 0 Å². The van der Waals surface area contributed by atoms with Crippen LogP contribution in [0.25, 0.3) is 20.4 Å². The molecule has 1 fully saturated rings. The molecule has 1 N–H and O–H groups in total. The van der Waals surface area contributed by atoms with Gasteiger partial charge in [-0.1, -0.05) is 0 Å². The standard InChI is InChI=1S/C19H17N5OS/c1-2-15-16-17(26-19(15)20-7-1)18(22-12-21-16)23-13-3-5-14(6-4-13)24-8-10-25-11-9-24/h1-7,12H,8-11H2,(H,21,22,23). The van der Waals surface area contributed by atoms with Gasteiger partial charge in [0.25, 0.3) is 0 Å². The third-order valence-electron chi connectivity index (χ3n) is 4.54. The maximum atomic E-state index is 5.42. The van der Waals surface area contributed by atoms with E-state index in [1.165, 1.54) is 5.69 Å². The molecule has 4 heterocycles. The highest BCUT2D eigenvalue weighted by Gasteiger charge is 2.13. The summed E-state index contributed by atoms with van der Waals surface area (Å²) in [5.41, 5.74) is 3.17. The fourth-order valence-corrected chi connectivity index (χ4v) is 4.26. The second-order valence-corrected chi connectivity index (χ2v) is 7.13. The molecule has 0 atom stereocenters. The molecule has 0 bridgehead atoms. The first-order chi connectivity index (χ1) is 12.9. The molecule has 1 aromatic carbocycles. The Morgan fingerprint density at radius 2 is 1.85 bits per heavy atom. The Hall–Kier alpha value is -2.77. The van der Waals surface area contributed by atoms with E-state index in [2.05, 4.69) is 55.5 Å². The molecule has 0 spiro atoms. The lowest BCUT2D eigenvalue weighted by molar-refractivity contribution is 0.122. The third kappa shape index (κ3) is 2.75. The number of benzene rings is 1. The normalized spacial score (nSPS) is 14.8. The van der Waals surface area contributed by atoms with Crippen LogP contribution in [-0.2, 0) is 4.74 Å². The summed E-state index contributed by atoms with van der Waals surface area (Å²) in [6.07, 6.45) is 3.41. The van der Waals surface area contributed by atoms with Crippen molar-refractivity contribution in [1.29, 1.82) is 0 Å². The topological polar surface area (TPSA) is 63.2 Å². The lowest BCUT2D eigenvalue weighted by Crippen LogP contribution is -2.36. The van der Waals surface area contributed by atoms with Crippen molar-refractivity contribution in [2.45, 2.75) is 0 Å². The zero-order valence-electron chi connectivity index (χ0n) is 14.1. The molecule has 0 saturated carbocycles. The molecule has 26 heavy (non-hydrogen) atoms. The van der Waals surface area contributed by atoms with E-state index < -0.39 is 0 Å². The highest BCUT2D eigenvalue weighted by Crippen LogP contribution is 2.35. The summed E-state index contributed by atoms with van der Waals surface area (Å²) < 4.78 is 6.44. The Kier molecular flexibility index (Phi) is 3.88. The quantitative estimate of drug-likeness (QED) is 0.597. The number of morpholine rings is 1. The van der Waals surface area contributed by atoms with E-state index in [-0.39, 0.29) is 0 Å². The Labute approximate surface area is 154 Å². The van der Waals surface area contributed by atoms with Crippen molar-refractivity contribution in [3.63, 3.8) is 0 Å². The van der Waals surface area contributed by atoms with Gasteiger partial charge in [-0.3, -0.25) is 0 Å². The van der Waals surface area contributed by atoms with Gasteiger partial charge in [0.15, 0.2) is 5.82 Å². The Morgan fingerprint density at radius 3 is 2.69 bits per heavy atom. The second kappa shape index (κ2) is 6.51. The average Bonchev–Trinajstić information content (AvgIpc) is 3.09. The minimum atomic E-state index is 0.791. The van der Waals surface area contributed by atoms with Crippen molar-refractivity contribution >= 4 is 49.0 Å². The molecule has 1 aliphatic heterocycles. The van der Waals surface area contributed by atoms with Crippen LogP contribution in [0.5, 0.6) is 0 Å². The SMILES string of the molecule is c1cnc2sc3c(Nc4ccc(N5CCOCC5)cc4)ncnc3c2c1. The van der Waals surface area contributed by atoms with Crippen LogP contribution in [0.1, 0.15) is 0 Å². The summed E-state index contributed by atoms with van der Waals surface area (Å²) in [7, 11) is 0. The van der Waals surface area contributed by atoms with Gasteiger partial charge < -0.3 is 15.0 Å². The first-order valence-electron chi connectivity index (χ1n) is 8.56. The predicted molar refractivity (Wildman–Crippen MR) is 105 cm³/mol. The van der Waals surface area contributed by atoms with Crippen LogP contribution in [-0.4, -0.2) is 41.3 Å². The molecule has 130 valence electrons. The predicted octanol–water partition coefficient (Wildman–Crippen LogP) is 3.82. The summed E-state index contributed by atoms with van der Waals surface area (Å²) in [5.74, 6) is 0.817. The number of ether oxygens (including phenoxy) is 1. The Morgan fingerprint density at radius 1 is 1.00 bits per heavy atom. The van der Waals surface area contributed by atoms with Crippen LogP contribution < -0.4 is 10.2 Å². The van der Waals surface area contributed by atoms with Crippen LogP contribution in [0.4, 0.5) is 17.2 Å². The second-order valence-electron chi connectivity index (χ2n) is 6.13. The van der Waals surface area contributed by atoms with E-state index in [4.69, 9.17) is 4.74 Å². The Bertz CT molecular complexity index is 1060. The molecule has 0 radical (unpaired) electrons. The molecule has 1 saturated heterocycles. The van der Waals surface area contributed by atoms with Gasteiger partial charge in [0.05, 0.1) is 23.4 Å². The molecular weight excluding hydrogens is 346 g/mol. The van der Waals surface area contributed by atoms with E-state index in [1.807, 2.05) is 12.3 Å². The van der Waals surface area contributed by atoms with Gasteiger partial charge in [-0.15, -0.1) is 11.3 Å². The number of aromatic nitrogens is 3. The number of fused-ring (bicyclic) bond motifs is 3. The average molecular weight is 363 g/mol. The van der Waals surface area contributed by atoms with Gasteiger partial charge in [0, 0.05) is 36.0 Å². The van der Waals surface area contributed by atoms with Crippen molar-refractivity contribution in [1.82, 2.24) is 15.0 Å². The monoisotopic (exact) mass is 363 g/mol. The van der Waals surface area contributed by atoms with Gasteiger partial charge in [-0.25, -0.2) is 15.0 Å². The molecule has 6 nitrogen and oxygen atoms in total. The first-order valence-corrected chi connectivity index (χ1v) is 9.38. The lowest BCUT2D eigenvalue weighted by Gasteiger charge is -2.28. The van der Waals surface area contributed by atoms with Crippen LogP contribution >= 0.6 is 11.3 Å². The smallest absolute Gasteiger partial charge is 0.151 e. The van der Waals surface area contributed by atoms with Crippen LogP contribution in [0.2, 0.25) is 0 Å². The molecule has 5 rings (SSSR count). The number of nitrogens with zero attached hydrogens (tertiary/aromatic N) is 4. The van der Waals surface area contributed by atoms with Crippen molar-refractivity contribution in [2.24, 2.45) is 0 Å². The van der Waals surface area contributed by atoms with E-state index in [0.29, 0.717) is 0 Å². The maximum Gasteiger partial charge on any atom is 0.151 e. The molecule has 1 aliphatic rings. The maximum absolute atomic E-state index is 5.42. The fraction of sp³-hybridized carbons (Fsp3) is 0.211. The molecular formula is C19H17N5OS. The number of pyridine rings is 1. The summed E-state index contributed by atoms with van der Waals surface area (Å²) in [5, 5.41) is 4.50. The number of nitrogens with one attached hydrogen (secondary N) is 1. The number of hydrogen-bond acceptors (Lipinski definition) is 7. The minimum Gasteiger partial charge on any atom is -0.378 e. The van der Waals surface area contributed by atoms with E-state index >= 15 is 0 Å². The van der Waals surface area contributed by atoms with Gasteiger partial charge in [-0.2, -0.15) is 0 Å². The molecule has 3 aromatic heterocycles. The minimum absolute atomic E-state index is 0.791.